The second-order valence-corrected chi connectivity index (χ2v) is 18.7. The summed E-state index contributed by atoms with van der Waals surface area (Å²) in [5.74, 6) is 0.490. The number of ether oxygens (including phenoxy) is 3. The fraction of sp³-hybridized carbons (Fsp3) is 0.704. The molecule has 40 heavy (non-hydrogen) atoms. The third kappa shape index (κ3) is 9.33. The number of esters is 1. The average Bonchev–Trinajstić information content (AvgIpc) is 3.21. The Morgan fingerprint density at radius 3 is 2.25 bits per heavy atom. The van der Waals surface area contributed by atoms with Gasteiger partial charge < -0.3 is 18.6 Å². The Balaban J connectivity index is 2.54. The predicted molar refractivity (Wildman–Crippen MR) is 158 cm³/mol. The lowest BCUT2D eigenvalue weighted by atomic mass is 10.1. The van der Waals surface area contributed by atoms with E-state index in [1.165, 1.54) is 16.1 Å². The van der Waals surface area contributed by atoms with E-state index in [0.29, 0.717) is 18.1 Å². The Morgan fingerprint density at radius 1 is 1.12 bits per heavy atom. The summed E-state index contributed by atoms with van der Waals surface area (Å²) in [5.41, 5.74) is 0.759. The number of hydrogen-bond donors (Lipinski definition) is 0. The molecule has 0 aromatic heterocycles. The van der Waals surface area contributed by atoms with E-state index in [-0.39, 0.29) is 37.8 Å². The van der Waals surface area contributed by atoms with E-state index >= 15 is 0 Å². The second kappa shape index (κ2) is 14.3. The molecule has 1 heterocycles. The predicted octanol–water partition coefficient (Wildman–Crippen LogP) is 4.62. The van der Waals surface area contributed by atoms with Crippen LogP contribution in [0.1, 0.15) is 46.1 Å². The maximum absolute atomic E-state index is 13.4. The van der Waals surface area contributed by atoms with Crippen LogP contribution in [0.15, 0.2) is 24.3 Å². The zero-order valence-electron chi connectivity index (χ0n) is 24.9. The number of carbonyl (C=O) groups is 2. The van der Waals surface area contributed by atoms with E-state index in [1.54, 1.807) is 19.2 Å². The van der Waals surface area contributed by atoms with Crippen molar-refractivity contribution in [1.29, 1.82) is 0 Å². The number of carbonyl (C=O) groups excluding carboxylic acids is 2. The molecule has 3 atom stereocenters. The first kappa shape index (κ1) is 34.3. The third-order valence-electron chi connectivity index (χ3n) is 7.62. The summed E-state index contributed by atoms with van der Waals surface area (Å²) in [6.45, 7) is 12.0. The molecule has 2 rings (SSSR count). The highest BCUT2D eigenvalue weighted by atomic mass is 35.5. The van der Waals surface area contributed by atoms with Crippen molar-refractivity contribution in [2.24, 2.45) is 0 Å². The van der Waals surface area contributed by atoms with Gasteiger partial charge in [-0.1, -0.05) is 32.9 Å². The Hall–Kier alpha value is -1.86. The highest BCUT2D eigenvalue weighted by Gasteiger charge is 2.50. The van der Waals surface area contributed by atoms with Crippen LogP contribution in [0.3, 0.4) is 0 Å². The molecule has 10 nitrogen and oxygen atoms in total. The Labute approximate surface area is 245 Å². The van der Waals surface area contributed by atoms with Crippen LogP contribution in [0, 0.1) is 0 Å². The van der Waals surface area contributed by atoms with Crippen LogP contribution in [-0.4, -0.2) is 95.2 Å². The molecule has 0 bridgehead atoms. The van der Waals surface area contributed by atoms with Crippen molar-refractivity contribution < 1.29 is 36.6 Å². The number of hydrogen-bond acceptors (Lipinski definition) is 8. The number of likely N-dealkylation sites (tertiary alicyclic amines) is 1. The summed E-state index contributed by atoms with van der Waals surface area (Å²) in [6.07, 6.45) is 1.25. The Morgan fingerprint density at radius 2 is 1.75 bits per heavy atom. The van der Waals surface area contributed by atoms with Crippen molar-refractivity contribution in [3.63, 3.8) is 0 Å². The first-order chi connectivity index (χ1) is 18.5. The minimum Gasteiger partial charge on any atom is -0.497 e. The van der Waals surface area contributed by atoms with Gasteiger partial charge in [0.25, 0.3) is 0 Å². The van der Waals surface area contributed by atoms with Gasteiger partial charge in [-0.3, -0.25) is 9.69 Å². The van der Waals surface area contributed by atoms with Gasteiger partial charge in [-0.2, -0.15) is 4.31 Å². The Bertz CT molecular complexity index is 1090. The number of alkyl halides is 1. The SMILES string of the molecule is COc1ccc(CN([C@H]2C[C@@H](COC(C)=O)N(C(=O)OCCCCl)[C@H]2CO[Si](C)(C)C(C)(C)C)S(C)(=O)=O)cc1. The number of halogens is 1. The van der Waals surface area contributed by atoms with Crippen LogP contribution in [0.2, 0.25) is 18.1 Å². The molecule has 0 radical (unpaired) electrons. The van der Waals surface area contributed by atoms with Crippen LogP contribution in [0.4, 0.5) is 4.79 Å². The van der Waals surface area contributed by atoms with E-state index in [4.69, 9.17) is 30.2 Å². The molecule has 1 fully saturated rings. The zero-order chi connectivity index (χ0) is 30.3. The third-order valence-corrected chi connectivity index (χ3v) is 13.6. The highest BCUT2D eigenvalue weighted by molar-refractivity contribution is 7.88. The fourth-order valence-corrected chi connectivity index (χ4v) is 6.57. The maximum Gasteiger partial charge on any atom is 0.410 e. The molecule has 0 unspecified atom stereocenters. The van der Waals surface area contributed by atoms with Crippen LogP contribution < -0.4 is 4.74 Å². The van der Waals surface area contributed by atoms with E-state index in [9.17, 15) is 18.0 Å². The lowest BCUT2D eigenvalue weighted by Crippen LogP contribution is -2.54. The minimum absolute atomic E-state index is 0.0828. The molecule has 13 heteroatoms. The van der Waals surface area contributed by atoms with Gasteiger partial charge in [-0.15, -0.1) is 11.6 Å². The van der Waals surface area contributed by atoms with Gasteiger partial charge in [-0.25, -0.2) is 13.2 Å². The number of benzene rings is 1. The van der Waals surface area contributed by atoms with Crippen molar-refractivity contribution >= 4 is 42.0 Å². The normalized spacial score (nSPS) is 20.1. The number of methoxy groups -OCH3 is 1. The quantitative estimate of drug-likeness (QED) is 0.136. The van der Waals surface area contributed by atoms with Gasteiger partial charge in [0.1, 0.15) is 12.4 Å². The van der Waals surface area contributed by atoms with Crippen molar-refractivity contribution in [3.05, 3.63) is 29.8 Å². The molecule has 0 aliphatic carbocycles. The number of sulfonamides is 1. The zero-order valence-corrected chi connectivity index (χ0v) is 27.5. The molecule has 0 spiro atoms. The number of nitrogens with zero attached hydrogens (tertiary/aromatic N) is 2. The van der Waals surface area contributed by atoms with Gasteiger partial charge in [0.2, 0.25) is 10.0 Å². The number of amides is 1. The monoisotopic (exact) mass is 620 g/mol. The summed E-state index contributed by atoms with van der Waals surface area (Å²) in [6, 6.07) is 5.22. The largest absolute Gasteiger partial charge is 0.497 e. The summed E-state index contributed by atoms with van der Waals surface area (Å²) < 4.78 is 50.5. The summed E-state index contributed by atoms with van der Waals surface area (Å²) in [4.78, 5) is 26.6. The standard InChI is InChI=1S/C27H45ClN2O8SSi/c1-20(31)37-18-22-16-24(29(39(6,33)34)17-21-10-12-23(35-5)13-11-21)25(19-38-40(7,8)27(2,3)4)30(22)26(32)36-15-9-14-28/h10-13,22,24-25H,9,14-19H2,1-8H3/t22-,24-,25-/m0/s1. The topological polar surface area (TPSA) is 112 Å². The molecule has 1 aliphatic rings. The van der Waals surface area contributed by atoms with E-state index in [0.717, 1.165) is 11.8 Å². The van der Waals surface area contributed by atoms with E-state index in [2.05, 4.69) is 33.9 Å². The van der Waals surface area contributed by atoms with Gasteiger partial charge in [0.05, 0.1) is 44.7 Å². The first-order valence-corrected chi connectivity index (χ1v) is 18.7. The van der Waals surface area contributed by atoms with Crippen molar-refractivity contribution in [1.82, 2.24) is 9.21 Å². The first-order valence-electron chi connectivity index (χ1n) is 13.4. The van der Waals surface area contributed by atoms with Crippen molar-refractivity contribution in [2.75, 3.05) is 39.1 Å². The molecular weight excluding hydrogens is 576 g/mol. The average molecular weight is 621 g/mol. The smallest absolute Gasteiger partial charge is 0.410 e. The molecular formula is C27H45ClN2O8SSi. The molecule has 0 N–H and O–H groups in total. The van der Waals surface area contributed by atoms with Gasteiger partial charge >= 0.3 is 12.1 Å². The fourth-order valence-electron chi connectivity index (χ4n) is 4.34. The van der Waals surface area contributed by atoms with E-state index < -0.39 is 48.5 Å². The summed E-state index contributed by atoms with van der Waals surface area (Å²) in [7, 11) is -4.47. The van der Waals surface area contributed by atoms with Gasteiger partial charge in [0, 0.05) is 19.3 Å². The van der Waals surface area contributed by atoms with Crippen LogP contribution >= 0.6 is 11.6 Å². The molecule has 1 amide bonds. The molecule has 1 saturated heterocycles. The number of rotatable bonds is 13. The molecule has 1 aliphatic heterocycles. The molecule has 1 aromatic carbocycles. The van der Waals surface area contributed by atoms with E-state index in [1.807, 2.05) is 12.1 Å². The molecule has 0 saturated carbocycles. The van der Waals surface area contributed by atoms with Crippen molar-refractivity contribution in [3.8, 4) is 5.75 Å². The maximum atomic E-state index is 13.4. The minimum atomic E-state index is -3.75. The summed E-state index contributed by atoms with van der Waals surface area (Å²) in [5, 5.41) is -0.108. The molecule has 1 aromatic rings. The summed E-state index contributed by atoms with van der Waals surface area (Å²) >= 11 is 5.78. The Kier molecular flexibility index (Phi) is 12.3. The van der Waals surface area contributed by atoms with Crippen molar-refractivity contribution in [2.45, 2.75) is 83.3 Å². The lowest BCUT2D eigenvalue weighted by Gasteiger charge is -2.40. The van der Waals surface area contributed by atoms with Crippen LogP contribution in [0.5, 0.6) is 5.75 Å². The van der Waals surface area contributed by atoms with Crippen LogP contribution in [-0.2, 0) is 35.3 Å². The highest BCUT2D eigenvalue weighted by Crippen LogP contribution is 2.39. The second-order valence-electron chi connectivity index (χ2n) is 11.6. The molecule has 228 valence electrons. The van der Waals surface area contributed by atoms with Gasteiger partial charge in [-0.05, 0) is 48.7 Å². The lowest BCUT2D eigenvalue weighted by molar-refractivity contribution is -0.142. The van der Waals surface area contributed by atoms with Gasteiger partial charge in [0.15, 0.2) is 8.32 Å². The van der Waals surface area contributed by atoms with Crippen LogP contribution in [0.25, 0.3) is 0 Å².